The first-order valence-corrected chi connectivity index (χ1v) is 4.62. The number of carboxylic acid groups (broad SMARTS) is 1. The number of thioether (sulfide) groups is 1. The third kappa shape index (κ3) is 3.32. The third-order valence-electron chi connectivity index (χ3n) is 1.28. The highest BCUT2D eigenvalue weighted by atomic mass is 32.2. The Bertz CT molecular complexity index is 288. The van der Waals surface area contributed by atoms with Gasteiger partial charge in [0, 0.05) is 19.3 Å². The van der Waals surface area contributed by atoms with E-state index in [4.69, 9.17) is 5.11 Å². The molecule has 1 aromatic rings. The van der Waals surface area contributed by atoms with Gasteiger partial charge in [0.25, 0.3) is 0 Å². The number of carbonyl (C=O) groups is 1. The average Bonchev–Trinajstić information content (AvgIpc) is 2.45. The number of rotatable bonds is 4. The van der Waals surface area contributed by atoms with Crippen molar-refractivity contribution in [2.24, 2.45) is 7.05 Å². The summed E-state index contributed by atoms with van der Waals surface area (Å²) in [7, 11) is 1.84. The maximum Gasteiger partial charge on any atom is 0.404 e. The van der Waals surface area contributed by atoms with Gasteiger partial charge in [-0.15, -0.1) is 10.2 Å². The number of aromatic nitrogens is 3. The van der Waals surface area contributed by atoms with E-state index in [9.17, 15) is 4.79 Å². The lowest BCUT2D eigenvalue weighted by molar-refractivity contribution is 0.195. The first kappa shape index (κ1) is 9.85. The highest BCUT2D eigenvalue weighted by Crippen LogP contribution is 2.11. The largest absolute Gasteiger partial charge is 0.465 e. The summed E-state index contributed by atoms with van der Waals surface area (Å²) in [5.74, 6) is 0.652. The Hall–Kier alpha value is -1.24. The molecule has 72 valence electrons. The smallest absolute Gasteiger partial charge is 0.404 e. The molecule has 0 unspecified atom stereocenters. The first-order chi connectivity index (χ1) is 6.20. The summed E-state index contributed by atoms with van der Waals surface area (Å²) in [6.07, 6.45) is 0.603. The maximum atomic E-state index is 10.1. The number of hydrogen-bond acceptors (Lipinski definition) is 4. The van der Waals surface area contributed by atoms with E-state index in [1.165, 1.54) is 11.8 Å². The van der Waals surface area contributed by atoms with Crippen LogP contribution in [0.25, 0.3) is 0 Å². The molecule has 1 rings (SSSR count). The molecule has 0 radical (unpaired) electrons. The molecular weight excluding hydrogens is 192 g/mol. The van der Waals surface area contributed by atoms with Crippen LogP contribution in [0, 0.1) is 0 Å². The Balaban J connectivity index is 2.20. The highest BCUT2D eigenvalue weighted by Gasteiger charge is 2.00. The second-order valence-corrected chi connectivity index (χ2v) is 3.37. The molecule has 1 aromatic heterocycles. The van der Waals surface area contributed by atoms with Crippen LogP contribution in [0.4, 0.5) is 4.79 Å². The summed E-state index contributed by atoms with van der Waals surface area (Å²) in [6, 6.07) is 0. The molecule has 13 heavy (non-hydrogen) atoms. The molecule has 0 spiro atoms. The molecule has 0 aliphatic rings. The van der Waals surface area contributed by atoms with Crippen LogP contribution in [0.3, 0.4) is 0 Å². The van der Waals surface area contributed by atoms with Gasteiger partial charge in [0.15, 0.2) is 5.16 Å². The number of nitrogens with one attached hydrogen (secondary N) is 1. The van der Waals surface area contributed by atoms with Crippen LogP contribution in [0.15, 0.2) is 11.5 Å². The van der Waals surface area contributed by atoms with Gasteiger partial charge < -0.3 is 15.0 Å². The van der Waals surface area contributed by atoms with Crippen LogP contribution < -0.4 is 5.32 Å². The summed E-state index contributed by atoms with van der Waals surface area (Å²) >= 11 is 1.46. The predicted octanol–water partition coefficient (Wildman–Crippen LogP) is 0.175. The minimum Gasteiger partial charge on any atom is -0.465 e. The number of amides is 1. The molecule has 0 fully saturated rings. The van der Waals surface area contributed by atoms with Crippen LogP contribution in [0.5, 0.6) is 0 Å². The fraction of sp³-hybridized carbons (Fsp3) is 0.500. The highest BCUT2D eigenvalue weighted by molar-refractivity contribution is 7.99. The minimum absolute atomic E-state index is 0.410. The van der Waals surface area contributed by atoms with Crippen molar-refractivity contribution in [2.75, 3.05) is 12.3 Å². The van der Waals surface area contributed by atoms with Gasteiger partial charge in [0.05, 0.1) is 0 Å². The van der Waals surface area contributed by atoms with Gasteiger partial charge in [-0.3, -0.25) is 0 Å². The zero-order chi connectivity index (χ0) is 9.68. The van der Waals surface area contributed by atoms with E-state index in [-0.39, 0.29) is 0 Å². The molecule has 0 aromatic carbocycles. The van der Waals surface area contributed by atoms with Crippen LogP contribution >= 0.6 is 11.8 Å². The zero-order valence-electron chi connectivity index (χ0n) is 7.10. The van der Waals surface area contributed by atoms with E-state index < -0.39 is 6.09 Å². The molecule has 0 saturated heterocycles. The molecule has 0 atom stereocenters. The van der Waals surface area contributed by atoms with Crippen molar-refractivity contribution in [3.63, 3.8) is 0 Å². The van der Waals surface area contributed by atoms with Crippen LogP contribution in [0.1, 0.15) is 0 Å². The fourth-order valence-electron chi connectivity index (χ4n) is 0.704. The van der Waals surface area contributed by atoms with E-state index >= 15 is 0 Å². The van der Waals surface area contributed by atoms with E-state index in [0.29, 0.717) is 12.3 Å². The Morgan fingerprint density at radius 2 is 2.62 bits per heavy atom. The SMILES string of the molecule is Cn1cnnc1SCCNC(=O)O. The Morgan fingerprint density at radius 3 is 3.15 bits per heavy atom. The molecule has 0 aliphatic heterocycles. The van der Waals surface area contributed by atoms with Crippen LogP contribution in [0.2, 0.25) is 0 Å². The lowest BCUT2D eigenvalue weighted by atomic mass is 10.7. The van der Waals surface area contributed by atoms with E-state index in [1.54, 1.807) is 10.9 Å². The monoisotopic (exact) mass is 202 g/mol. The Morgan fingerprint density at radius 1 is 1.85 bits per heavy atom. The van der Waals surface area contributed by atoms with Crippen molar-refractivity contribution in [1.29, 1.82) is 0 Å². The molecular formula is C6H10N4O2S. The molecule has 2 N–H and O–H groups in total. The van der Waals surface area contributed by atoms with Gasteiger partial charge in [0.2, 0.25) is 0 Å². The van der Waals surface area contributed by atoms with Gasteiger partial charge in [-0.2, -0.15) is 0 Å². The Labute approximate surface area is 79.3 Å². The van der Waals surface area contributed by atoms with Gasteiger partial charge in [-0.05, 0) is 0 Å². The lowest BCUT2D eigenvalue weighted by Crippen LogP contribution is -2.23. The molecule has 7 heteroatoms. The number of hydrogen-bond donors (Lipinski definition) is 2. The second kappa shape index (κ2) is 4.70. The molecule has 1 amide bonds. The zero-order valence-corrected chi connectivity index (χ0v) is 7.91. The first-order valence-electron chi connectivity index (χ1n) is 3.63. The van der Waals surface area contributed by atoms with Gasteiger partial charge in [-0.1, -0.05) is 11.8 Å². The van der Waals surface area contributed by atoms with E-state index in [0.717, 1.165) is 5.16 Å². The average molecular weight is 202 g/mol. The lowest BCUT2D eigenvalue weighted by Gasteiger charge is -1.99. The topological polar surface area (TPSA) is 80.0 Å². The van der Waals surface area contributed by atoms with E-state index in [1.807, 2.05) is 7.05 Å². The summed E-state index contributed by atoms with van der Waals surface area (Å²) < 4.78 is 1.78. The summed E-state index contributed by atoms with van der Waals surface area (Å²) in [6.45, 7) is 0.410. The predicted molar refractivity (Wildman–Crippen MR) is 47.8 cm³/mol. The van der Waals surface area contributed by atoms with Crippen molar-refractivity contribution >= 4 is 17.9 Å². The summed E-state index contributed by atoms with van der Waals surface area (Å²) in [5.41, 5.74) is 0. The van der Waals surface area contributed by atoms with Crippen molar-refractivity contribution in [3.05, 3.63) is 6.33 Å². The minimum atomic E-state index is -1.00. The van der Waals surface area contributed by atoms with E-state index in [2.05, 4.69) is 15.5 Å². The van der Waals surface area contributed by atoms with Crippen molar-refractivity contribution < 1.29 is 9.90 Å². The van der Waals surface area contributed by atoms with Crippen LogP contribution in [-0.4, -0.2) is 38.3 Å². The summed E-state index contributed by atoms with van der Waals surface area (Å²) in [4.78, 5) is 10.1. The molecule has 6 nitrogen and oxygen atoms in total. The van der Waals surface area contributed by atoms with Gasteiger partial charge in [-0.25, -0.2) is 4.79 Å². The van der Waals surface area contributed by atoms with Crippen molar-refractivity contribution in [3.8, 4) is 0 Å². The molecule has 0 aliphatic carbocycles. The quantitative estimate of drug-likeness (QED) is 0.537. The standard InChI is InChI=1S/C6H10N4O2S/c1-10-4-8-9-5(10)13-3-2-7-6(11)12/h4,7H,2-3H2,1H3,(H,11,12). The molecule has 1 heterocycles. The Kier molecular flexibility index (Phi) is 3.56. The fourth-order valence-corrected chi connectivity index (χ4v) is 1.45. The van der Waals surface area contributed by atoms with Gasteiger partial charge >= 0.3 is 6.09 Å². The molecule has 0 saturated carbocycles. The van der Waals surface area contributed by atoms with Crippen molar-refractivity contribution in [1.82, 2.24) is 20.1 Å². The number of aryl methyl sites for hydroxylation is 1. The second-order valence-electron chi connectivity index (χ2n) is 2.30. The van der Waals surface area contributed by atoms with Crippen LogP contribution in [-0.2, 0) is 7.05 Å². The van der Waals surface area contributed by atoms with Gasteiger partial charge in [0.1, 0.15) is 6.33 Å². The molecule has 0 bridgehead atoms. The summed E-state index contributed by atoms with van der Waals surface area (Å²) in [5, 5.41) is 18.8. The normalized spacial score (nSPS) is 9.92. The number of nitrogens with zero attached hydrogens (tertiary/aromatic N) is 3. The third-order valence-corrected chi connectivity index (χ3v) is 2.32. The maximum absolute atomic E-state index is 10.1. The van der Waals surface area contributed by atoms with Crippen molar-refractivity contribution in [2.45, 2.75) is 5.16 Å².